The van der Waals surface area contributed by atoms with Crippen LogP contribution in [-0.2, 0) is 14.8 Å². The van der Waals surface area contributed by atoms with E-state index in [-0.39, 0.29) is 11.8 Å². The fourth-order valence-corrected chi connectivity index (χ4v) is 5.48. The largest absolute Gasteiger partial charge is 0.381 e. The van der Waals surface area contributed by atoms with Crippen LogP contribution >= 0.6 is 11.6 Å². The number of carbonyl (C=O) groups excluding carboxylic acids is 1. The van der Waals surface area contributed by atoms with Crippen molar-refractivity contribution in [1.82, 2.24) is 15.1 Å². The number of fused-ring (bicyclic) bond motifs is 1. The molecular formula is C24H27ClN4O4S. The average Bonchev–Trinajstić information content (AvgIpc) is 3.54. The number of nitrogens with one attached hydrogen (secondary N) is 1. The number of carbonyl (C=O) groups is 1. The van der Waals surface area contributed by atoms with Gasteiger partial charge < -0.3 is 10.1 Å². The minimum atomic E-state index is -3.51. The standard InChI is InChI=1S/C24H27ClN4O4S/c1-26-24(30)23-20-11-19(16-3-4-16)22(28(34(2,31)32)10-9-15-13-33-14-15)12-21(20)27-29(23)18-7-5-17(25)6-8-18/h5-8,11-12,15-16H,3-4,9-10,13-14H2,1-2H3,(H,26,30). The molecule has 2 aromatic carbocycles. The van der Waals surface area contributed by atoms with Crippen LogP contribution in [0.1, 0.15) is 41.2 Å². The number of halogens is 1. The zero-order valence-corrected chi connectivity index (χ0v) is 20.7. The summed E-state index contributed by atoms with van der Waals surface area (Å²) in [6.45, 7) is 1.73. The molecule has 34 heavy (non-hydrogen) atoms. The molecule has 1 aliphatic carbocycles. The molecule has 1 saturated carbocycles. The van der Waals surface area contributed by atoms with Crippen LogP contribution in [0.15, 0.2) is 36.4 Å². The Hall–Kier alpha value is -2.62. The maximum atomic E-state index is 12.9. The van der Waals surface area contributed by atoms with Crippen LogP contribution in [0.4, 0.5) is 5.69 Å². The van der Waals surface area contributed by atoms with Gasteiger partial charge in [-0.05, 0) is 67.1 Å². The van der Waals surface area contributed by atoms with Gasteiger partial charge >= 0.3 is 0 Å². The quantitative estimate of drug-likeness (QED) is 0.506. The van der Waals surface area contributed by atoms with E-state index in [4.69, 9.17) is 21.4 Å². The molecule has 0 spiro atoms. The highest BCUT2D eigenvalue weighted by Crippen LogP contribution is 2.46. The van der Waals surface area contributed by atoms with E-state index in [1.165, 1.54) is 10.6 Å². The molecule has 0 radical (unpaired) electrons. The van der Waals surface area contributed by atoms with Gasteiger partial charge in [-0.15, -0.1) is 0 Å². The van der Waals surface area contributed by atoms with Gasteiger partial charge in [-0.2, -0.15) is 5.10 Å². The van der Waals surface area contributed by atoms with Gasteiger partial charge in [0.05, 0.1) is 36.4 Å². The maximum Gasteiger partial charge on any atom is 0.270 e. The number of rotatable bonds is 8. The molecule has 2 heterocycles. The second-order valence-electron chi connectivity index (χ2n) is 9.05. The summed E-state index contributed by atoms with van der Waals surface area (Å²) < 4.78 is 34.1. The van der Waals surface area contributed by atoms with Crippen molar-refractivity contribution in [2.24, 2.45) is 5.92 Å². The van der Waals surface area contributed by atoms with Crippen LogP contribution in [0.3, 0.4) is 0 Å². The molecule has 1 saturated heterocycles. The molecule has 1 amide bonds. The third kappa shape index (κ3) is 4.39. The Morgan fingerprint density at radius 3 is 2.50 bits per heavy atom. The summed E-state index contributed by atoms with van der Waals surface area (Å²) in [6, 6.07) is 10.9. The molecule has 180 valence electrons. The monoisotopic (exact) mass is 502 g/mol. The molecule has 8 nitrogen and oxygen atoms in total. The third-order valence-electron chi connectivity index (χ3n) is 6.47. The predicted molar refractivity (Wildman–Crippen MR) is 133 cm³/mol. The lowest BCUT2D eigenvalue weighted by Gasteiger charge is -2.30. The highest BCUT2D eigenvalue weighted by atomic mass is 35.5. The van der Waals surface area contributed by atoms with Gasteiger partial charge in [-0.25, -0.2) is 13.1 Å². The lowest BCUT2D eigenvalue weighted by Crippen LogP contribution is -2.36. The number of ether oxygens (including phenoxy) is 1. The van der Waals surface area contributed by atoms with Crippen molar-refractivity contribution in [2.45, 2.75) is 25.2 Å². The number of aromatic nitrogens is 2. The molecule has 2 aliphatic rings. The van der Waals surface area contributed by atoms with Gasteiger partial charge in [-0.1, -0.05) is 11.6 Å². The van der Waals surface area contributed by atoms with Crippen LogP contribution in [0.5, 0.6) is 0 Å². The first-order valence-electron chi connectivity index (χ1n) is 11.4. The lowest BCUT2D eigenvalue weighted by atomic mass is 10.0. The van der Waals surface area contributed by atoms with Gasteiger partial charge in [0.1, 0.15) is 5.69 Å². The zero-order valence-electron chi connectivity index (χ0n) is 19.1. The maximum absolute atomic E-state index is 12.9. The first kappa shape index (κ1) is 23.1. The molecule has 0 bridgehead atoms. The topological polar surface area (TPSA) is 93.5 Å². The van der Waals surface area contributed by atoms with E-state index in [1.807, 2.05) is 12.1 Å². The van der Waals surface area contributed by atoms with Crippen LogP contribution < -0.4 is 9.62 Å². The summed E-state index contributed by atoms with van der Waals surface area (Å²) in [4.78, 5) is 12.9. The van der Waals surface area contributed by atoms with Crippen molar-refractivity contribution in [2.75, 3.05) is 37.4 Å². The summed E-state index contributed by atoms with van der Waals surface area (Å²) in [5, 5.41) is 8.71. The minimum Gasteiger partial charge on any atom is -0.381 e. The summed E-state index contributed by atoms with van der Waals surface area (Å²) >= 11 is 6.06. The van der Waals surface area contributed by atoms with Crippen LogP contribution in [0.25, 0.3) is 16.6 Å². The van der Waals surface area contributed by atoms with Crippen LogP contribution in [0.2, 0.25) is 5.02 Å². The summed E-state index contributed by atoms with van der Waals surface area (Å²) in [7, 11) is -1.93. The van der Waals surface area contributed by atoms with E-state index in [0.29, 0.717) is 58.7 Å². The molecule has 1 aromatic heterocycles. The van der Waals surface area contributed by atoms with E-state index in [9.17, 15) is 13.2 Å². The first-order chi connectivity index (χ1) is 16.3. The van der Waals surface area contributed by atoms with Crippen molar-refractivity contribution >= 4 is 44.1 Å². The smallest absolute Gasteiger partial charge is 0.270 e. The lowest BCUT2D eigenvalue weighted by molar-refractivity contribution is -0.0340. The Morgan fingerprint density at radius 2 is 1.94 bits per heavy atom. The SMILES string of the molecule is CNC(=O)c1c2cc(C3CC3)c(N(CCC3COC3)S(C)(=O)=O)cc2nn1-c1ccc(Cl)cc1. The van der Waals surface area contributed by atoms with Gasteiger partial charge in [-0.3, -0.25) is 9.10 Å². The second-order valence-corrected chi connectivity index (χ2v) is 11.4. The van der Waals surface area contributed by atoms with E-state index >= 15 is 0 Å². The Labute approximate surface area is 203 Å². The minimum absolute atomic E-state index is 0.267. The summed E-state index contributed by atoms with van der Waals surface area (Å²) in [5.41, 5.74) is 3.27. The number of sulfonamides is 1. The van der Waals surface area contributed by atoms with E-state index in [2.05, 4.69) is 5.32 Å². The first-order valence-corrected chi connectivity index (χ1v) is 13.6. The van der Waals surface area contributed by atoms with Crippen LogP contribution in [0, 0.1) is 5.92 Å². The molecule has 3 aromatic rings. The van der Waals surface area contributed by atoms with E-state index in [1.54, 1.807) is 36.0 Å². The Kier molecular flexibility index (Phi) is 6.03. The van der Waals surface area contributed by atoms with Gasteiger partial charge in [0.15, 0.2) is 0 Å². The molecule has 2 fully saturated rings. The van der Waals surface area contributed by atoms with Gasteiger partial charge in [0.2, 0.25) is 10.0 Å². The van der Waals surface area contributed by atoms with Crippen molar-refractivity contribution in [3.63, 3.8) is 0 Å². The number of benzene rings is 2. The summed E-state index contributed by atoms with van der Waals surface area (Å²) in [5.74, 6) is 0.380. The van der Waals surface area contributed by atoms with Crippen molar-refractivity contribution < 1.29 is 17.9 Å². The molecule has 0 unspecified atom stereocenters. The average molecular weight is 503 g/mol. The van der Waals surface area contributed by atoms with Crippen molar-refractivity contribution in [3.05, 3.63) is 52.7 Å². The van der Waals surface area contributed by atoms with Crippen molar-refractivity contribution in [3.8, 4) is 5.69 Å². The molecular weight excluding hydrogens is 476 g/mol. The van der Waals surface area contributed by atoms with Gasteiger partial charge in [0, 0.05) is 29.9 Å². The predicted octanol–water partition coefficient (Wildman–Crippen LogP) is 3.72. The number of amides is 1. The van der Waals surface area contributed by atoms with E-state index < -0.39 is 10.0 Å². The highest BCUT2D eigenvalue weighted by Gasteiger charge is 2.33. The molecule has 5 rings (SSSR count). The van der Waals surface area contributed by atoms with Crippen LogP contribution in [-0.4, -0.2) is 57.2 Å². The Morgan fingerprint density at radius 1 is 1.24 bits per heavy atom. The third-order valence-corrected chi connectivity index (χ3v) is 7.90. The fraction of sp³-hybridized carbons (Fsp3) is 0.417. The van der Waals surface area contributed by atoms with Gasteiger partial charge in [0.25, 0.3) is 5.91 Å². The second kappa shape index (κ2) is 8.87. The molecule has 1 aliphatic heterocycles. The molecule has 10 heteroatoms. The van der Waals surface area contributed by atoms with Crippen molar-refractivity contribution in [1.29, 1.82) is 0 Å². The highest BCUT2D eigenvalue weighted by molar-refractivity contribution is 7.92. The fourth-order valence-electron chi connectivity index (χ4n) is 4.40. The Bertz CT molecular complexity index is 1350. The number of hydrogen-bond acceptors (Lipinski definition) is 5. The zero-order chi connectivity index (χ0) is 24.0. The number of anilines is 1. The van der Waals surface area contributed by atoms with E-state index in [0.717, 1.165) is 24.8 Å². The summed E-state index contributed by atoms with van der Waals surface area (Å²) in [6.07, 6.45) is 3.96. The Balaban J connectivity index is 1.68. The molecule has 0 atom stereocenters. The molecule has 1 N–H and O–H groups in total. The normalized spacial score (nSPS) is 16.4. The number of nitrogens with zero attached hydrogens (tertiary/aromatic N) is 3. The number of hydrogen-bond donors (Lipinski definition) is 1.